The highest BCUT2D eigenvalue weighted by Crippen LogP contribution is 2.16. The van der Waals surface area contributed by atoms with Gasteiger partial charge in [-0.15, -0.1) is 0 Å². The lowest BCUT2D eigenvalue weighted by molar-refractivity contribution is 0.0697. The molecule has 0 aliphatic heterocycles. The monoisotopic (exact) mass is 256 g/mol. The van der Waals surface area contributed by atoms with Gasteiger partial charge in [0, 0.05) is 12.2 Å². The average molecular weight is 256 g/mol. The number of nitrogens with zero attached hydrogens (tertiary/aromatic N) is 1. The Morgan fingerprint density at radius 2 is 1.95 bits per heavy atom. The zero-order valence-electron chi connectivity index (χ0n) is 11.0. The largest absolute Gasteiger partial charge is 0.478 e. The van der Waals surface area contributed by atoms with Gasteiger partial charge in [0.15, 0.2) is 0 Å². The molecule has 98 valence electrons. The van der Waals surface area contributed by atoms with Gasteiger partial charge in [-0.05, 0) is 37.1 Å². The van der Waals surface area contributed by atoms with Gasteiger partial charge in [-0.25, -0.2) is 9.78 Å². The number of aromatic nitrogens is 1. The molecule has 0 spiro atoms. The Morgan fingerprint density at radius 3 is 2.63 bits per heavy atom. The predicted molar refractivity (Wildman–Crippen MR) is 74.4 cm³/mol. The molecule has 0 atom stereocenters. The zero-order valence-corrected chi connectivity index (χ0v) is 11.0. The van der Waals surface area contributed by atoms with Gasteiger partial charge in [0.05, 0.1) is 0 Å². The molecule has 4 nitrogen and oxygen atoms in total. The summed E-state index contributed by atoms with van der Waals surface area (Å²) < 4.78 is 0. The van der Waals surface area contributed by atoms with Gasteiger partial charge >= 0.3 is 5.97 Å². The van der Waals surface area contributed by atoms with Crippen molar-refractivity contribution in [3.05, 3.63) is 58.8 Å². The lowest BCUT2D eigenvalue weighted by Crippen LogP contribution is -2.09. The van der Waals surface area contributed by atoms with Crippen LogP contribution < -0.4 is 5.32 Å². The minimum Gasteiger partial charge on any atom is -0.478 e. The van der Waals surface area contributed by atoms with Crippen LogP contribution in [0.1, 0.15) is 27.2 Å². The van der Waals surface area contributed by atoms with E-state index < -0.39 is 5.97 Å². The molecular formula is C15H16N2O2. The summed E-state index contributed by atoms with van der Waals surface area (Å²) in [4.78, 5) is 15.4. The summed E-state index contributed by atoms with van der Waals surface area (Å²) in [5.41, 5.74) is 3.28. The third-order valence-corrected chi connectivity index (χ3v) is 2.97. The third-order valence-electron chi connectivity index (χ3n) is 2.97. The van der Waals surface area contributed by atoms with E-state index in [9.17, 15) is 4.79 Å². The molecule has 0 bridgehead atoms. The average Bonchev–Trinajstić information content (AvgIpc) is 2.37. The van der Waals surface area contributed by atoms with Crippen molar-refractivity contribution in [2.24, 2.45) is 0 Å². The second-order valence-electron chi connectivity index (χ2n) is 4.43. The quantitative estimate of drug-likeness (QED) is 0.882. The molecule has 0 saturated carbocycles. The SMILES string of the molecule is Cc1ccc(C(=O)O)c(NCc2ccccc2C)n1. The van der Waals surface area contributed by atoms with Crippen LogP contribution in [0.5, 0.6) is 0 Å². The molecule has 0 radical (unpaired) electrons. The van der Waals surface area contributed by atoms with Crippen LogP contribution in [0.4, 0.5) is 5.82 Å². The molecule has 1 aromatic heterocycles. The number of carboxylic acids is 1. The van der Waals surface area contributed by atoms with Crippen LogP contribution in [0.15, 0.2) is 36.4 Å². The molecule has 1 heterocycles. The van der Waals surface area contributed by atoms with Crippen LogP contribution in [-0.4, -0.2) is 16.1 Å². The number of aryl methyl sites for hydroxylation is 2. The first-order valence-corrected chi connectivity index (χ1v) is 6.07. The Morgan fingerprint density at radius 1 is 1.21 bits per heavy atom. The highest BCUT2D eigenvalue weighted by molar-refractivity contribution is 5.93. The van der Waals surface area contributed by atoms with Crippen LogP contribution in [-0.2, 0) is 6.54 Å². The molecule has 0 aliphatic carbocycles. The van der Waals surface area contributed by atoms with Crippen LogP contribution in [0.25, 0.3) is 0 Å². The van der Waals surface area contributed by atoms with Crippen LogP contribution in [0.3, 0.4) is 0 Å². The van der Waals surface area contributed by atoms with E-state index in [2.05, 4.69) is 10.3 Å². The van der Waals surface area contributed by atoms with Crippen molar-refractivity contribution in [2.75, 3.05) is 5.32 Å². The summed E-state index contributed by atoms with van der Waals surface area (Å²) in [5.74, 6) is -0.560. The summed E-state index contributed by atoms with van der Waals surface area (Å²) >= 11 is 0. The number of anilines is 1. The fourth-order valence-corrected chi connectivity index (χ4v) is 1.85. The Bertz CT molecular complexity index is 609. The molecule has 0 amide bonds. The molecule has 1 aromatic carbocycles. The van der Waals surface area contributed by atoms with E-state index in [1.165, 1.54) is 5.56 Å². The number of hydrogen-bond acceptors (Lipinski definition) is 3. The maximum absolute atomic E-state index is 11.1. The molecule has 0 unspecified atom stereocenters. The number of aromatic carboxylic acids is 1. The molecular weight excluding hydrogens is 240 g/mol. The van der Waals surface area contributed by atoms with Gasteiger partial charge in [-0.3, -0.25) is 0 Å². The van der Waals surface area contributed by atoms with E-state index in [-0.39, 0.29) is 5.56 Å². The van der Waals surface area contributed by atoms with Gasteiger partial charge in [0.1, 0.15) is 11.4 Å². The molecule has 4 heteroatoms. The second-order valence-corrected chi connectivity index (χ2v) is 4.43. The summed E-state index contributed by atoms with van der Waals surface area (Å²) in [6.45, 7) is 4.42. The molecule has 0 saturated heterocycles. The Kier molecular flexibility index (Phi) is 3.80. The molecule has 19 heavy (non-hydrogen) atoms. The van der Waals surface area contributed by atoms with Crippen molar-refractivity contribution in [2.45, 2.75) is 20.4 Å². The zero-order chi connectivity index (χ0) is 13.8. The van der Waals surface area contributed by atoms with Crippen molar-refractivity contribution in [3.63, 3.8) is 0 Å². The number of pyridine rings is 1. The summed E-state index contributed by atoms with van der Waals surface area (Å²) in [6, 6.07) is 11.3. The summed E-state index contributed by atoms with van der Waals surface area (Å²) in [5, 5.41) is 12.2. The highest BCUT2D eigenvalue weighted by atomic mass is 16.4. The minimum absolute atomic E-state index is 0.194. The van der Waals surface area contributed by atoms with E-state index in [1.807, 2.05) is 38.1 Å². The van der Waals surface area contributed by atoms with E-state index in [4.69, 9.17) is 5.11 Å². The maximum Gasteiger partial charge on any atom is 0.339 e. The minimum atomic E-state index is -0.972. The van der Waals surface area contributed by atoms with Crippen LogP contribution in [0.2, 0.25) is 0 Å². The van der Waals surface area contributed by atoms with E-state index in [1.54, 1.807) is 12.1 Å². The van der Waals surface area contributed by atoms with Crippen LogP contribution >= 0.6 is 0 Å². The first-order valence-electron chi connectivity index (χ1n) is 6.07. The van der Waals surface area contributed by atoms with Crippen LogP contribution in [0, 0.1) is 13.8 Å². The maximum atomic E-state index is 11.1. The Labute approximate surface area is 112 Å². The Hall–Kier alpha value is -2.36. The molecule has 2 aromatic rings. The Balaban J connectivity index is 2.22. The second kappa shape index (κ2) is 5.52. The molecule has 2 N–H and O–H groups in total. The first kappa shape index (κ1) is 13.1. The van der Waals surface area contributed by atoms with Gasteiger partial charge in [-0.1, -0.05) is 24.3 Å². The van der Waals surface area contributed by atoms with Gasteiger partial charge in [0.25, 0.3) is 0 Å². The van der Waals surface area contributed by atoms with Gasteiger partial charge in [-0.2, -0.15) is 0 Å². The number of benzene rings is 1. The normalized spacial score (nSPS) is 10.2. The number of rotatable bonds is 4. The van der Waals surface area contributed by atoms with Crippen molar-refractivity contribution in [1.29, 1.82) is 0 Å². The standard InChI is InChI=1S/C15H16N2O2/c1-10-5-3-4-6-12(10)9-16-14-13(15(18)19)8-7-11(2)17-14/h3-8H,9H2,1-2H3,(H,16,17)(H,18,19). The van der Waals surface area contributed by atoms with E-state index in [0.29, 0.717) is 12.4 Å². The number of nitrogens with one attached hydrogen (secondary N) is 1. The smallest absolute Gasteiger partial charge is 0.339 e. The topological polar surface area (TPSA) is 62.2 Å². The van der Waals surface area contributed by atoms with Crippen molar-refractivity contribution in [3.8, 4) is 0 Å². The fourth-order valence-electron chi connectivity index (χ4n) is 1.85. The number of hydrogen-bond donors (Lipinski definition) is 2. The predicted octanol–water partition coefficient (Wildman–Crippen LogP) is 3.01. The lowest BCUT2D eigenvalue weighted by atomic mass is 10.1. The van der Waals surface area contributed by atoms with Gasteiger partial charge in [0.2, 0.25) is 0 Å². The summed E-state index contributed by atoms with van der Waals surface area (Å²) in [7, 11) is 0. The molecule has 2 rings (SSSR count). The van der Waals surface area contributed by atoms with Crippen molar-refractivity contribution >= 4 is 11.8 Å². The van der Waals surface area contributed by atoms with Gasteiger partial charge < -0.3 is 10.4 Å². The van der Waals surface area contributed by atoms with E-state index >= 15 is 0 Å². The number of carboxylic acid groups (broad SMARTS) is 1. The van der Waals surface area contributed by atoms with Crippen molar-refractivity contribution in [1.82, 2.24) is 4.98 Å². The first-order chi connectivity index (χ1) is 9.08. The third kappa shape index (κ3) is 3.10. The number of carbonyl (C=O) groups is 1. The molecule has 0 aliphatic rings. The van der Waals surface area contributed by atoms with Crippen molar-refractivity contribution < 1.29 is 9.90 Å². The lowest BCUT2D eigenvalue weighted by Gasteiger charge is -2.11. The van der Waals surface area contributed by atoms with E-state index in [0.717, 1.165) is 11.3 Å². The fraction of sp³-hybridized carbons (Fsp3) is 0.200. The summed E-state index contributed by atoms with van der Waals surface area (Å²) in [6.07, 6.45) is 0. The molecule has 0 fully saturated rings. The highest BCUT2D eigenvalue weighted by Gasteiger charge is 2.11.